The number of rotatable bonds is 5. The zero-order chi connectivity index (χ0) is 26.2. The highest BCUT2D eigenvalue weighted by atomic mass is 35.5. The van der Waals surface area contributed by atoms with Crippen molar-refractivity contribution in [1.82, 2.24) is 9.21 Å². The van der Waals surface area contributed by atoms with Crippen LogP contribution in [0.25, 0.3) is 0 Å². The van der Waals surface area contributed by atoms with E-state index in [0.717, 1.165) is 11.3 Å². The number of amides is 1. The number of halogens is 2. The third kappa shape index (κ3) is 5.23. The number of hydrogen-bond acceptors (Lipinski definition) is 4. The van der Waals surface area contributed by atoms with Crippen molar-refractivity contribution in [2.45, 2.75) is 17.7 Å². The molecule has 6 nitrogen and oxygen atoms in total. The molecule has 0 saturated carbocycles. The lowest BCUT2D eigenvalue weighted by molar-refractivity contribution is -0.135. The summed E-state index contributed by atoms with van der Waals surface area (Å²) < 4.78 is 28.7. The summed E-state index contributed by atoms with van der Waals surface area (Å²) in [6, 6.07) is 22.1. The minimum absolute atomic E-state index is 0.00632. The quantitative estimate of drug-likeness (QED) is 0.440. The molecule has 9 heteroatoms. The van der Waals surface area contributed by atoms with Crippen molar-refractivity contribution < 1.29 is 13.2 Å². The van der Waals surface area contributed by atoms with E-state index in [2.05, 4.69) is 4.90 Å². The van der Waals surface area contributed by atoms with Crippen LogP contribution in [-0.4, -0.2) is 62.8 Å². The zero-order valence-electron chi connectivity index (χ0n) is 20.6. The van der Waals surface area contributed by atoms with E-state index in [0.29, 0.717) is 46.7 Å². The predicted molar refractivity (Wildman–Crippen MR) is 148 cm³/mol. The molecule has 2 heterocycles. The van der Waals surface area contributed by atoms with Crippen LogP contribution in [0.15, 0.2) is 77.7 Å². The maximum Gasteiger partial charge on any atom is 0.243 e. The van der Waals surface area contributed by atoms with E-state index in [9.17, 15) is 13.2 Å². The molecule has 0 aliphatic carbocycles. The lowest BCUT2D eigenvalue weighted by atomic mass is 9.88. The van der Waals surface area contributed by atoms with Crippen LogP contribution in [0.4, 0.5) is 5.69 Å². The van der Waals surface area contributed by atoms with Gasteiger partial charge >= 0.3 is 0 Å². The van der Waals surface area contributed by atoms with Crippen molar-refractivity contribution in [1.29, 1.82) is 0 Å². The lowest BCUT2D eigenvalue weighted by Gasteiger charge is -2.38. The molecular formula is C28H29Cl2N3O3S. The molecule has 2 saturated heterocycles. The Labute approximate surface area is 228 Å². The van der Waals surface area contributed by atoms with Crippen LogP contribution in [0.1, 0.15) is 17.0 Å². The molecule has 0 aromatic heterocycles. The Morgan fingerprint density at radius 2 is 1.54 bits per heavy atom. The molecule has 194 valence electrons. The van der Waals surface area contributed by atoms with E-state index in [1.54, 1.807) is 37.3 Å². The predicted octanol–water partition coefficient (Wildman–Crippen LogP) is 5.05. The van der Waals surface area contributed by atoms with Gasteiger partial charge < -0.3 is 9.80 Å². The van der Waals surface area contributed by atoms with Gasteiger partial charge in [0.25, 0.3) is 0 Å². The second kappa shape index (κ2) is 10.7. The summed E-state index contributed by atoms with van der Waals surface area (Å²) in [4.78, 5) is 18.2. The van der Waals surface area contributed by atoms with Crippen LogP contribution < -0.4 is 4.90 Å². The van der Waals surface area contributed by atoms with Gasteiger partial charge in [0.2, 0.25) is 15.9 Å². The van der Waals surface area contributed by atoms with Crippen molar-refractivity contribution in [3.63, 3.8) is 0 Å². The van der Waals surface area contributed by atoms with Gasteiger partial charge in [0.05, 0.1) is 21.5 Å². The van der Waals surface area contributed by atoms with Gasteiger partial charge in [-0.3, -0.25) is 4.79 Å². The van der Waals surface area contributed by atoms with Gasteiger partial charge in [-0.1, -0.05) is 71.7 Å². The smallest absolute Gasteiger partial charge is 0.243 e. The van der Waals surface area contributed by atoms with Crippen molar-refractivity contribution in [3.05, 3.63) is 94.0 Å². The number of anilines is 1. The largest absolute Gasteiger partial charge is 0.367 e. The first kappa shape index (κ1) is 26.0. The van der Waals surface area contributed by atoms with Crippen molar-refractivity contribution >= 4 is 44.8 Å². The first-order valence-electron chi connectivity index (χ1n) is 12.3. The number of aryl methyl sites for hydroxylation is 1. The molecule has 2 atom stereocenters. The van der Waals surface area contributed by atoms with Gasteiger partial charge in [0.1, 0.15) is 0 Å². The van der Waals surface area contributed by atoms with Gasteiger partial charge in [0.15, 0.2) is 0 Å². The van der Waals surface area contributed by atoms with Crippen LogP contribution in [0.3, 0.4) is 0 Å². The average molecular weight is 559 g/mol. The van der Waals surface area contributed by atoms with Gasteiger partial charge in [-0.05, 0) is 42.3 Å². The molecule has 0 bridgehead atoms. The summed E-state index contributed by atoms with van der Waals surface area (Å²) in [6.07, 6.45) is 0. The molecule has 37 heavy (non-hydrogen) atoms. The Bertz CT molecular complexity index is 1390. The Hall–Kier alpha value is -2.58. The molecule has 5 rings (SSSR count). The molecular weight excluding hydrogens is 529 g/mol. The van der Waals surface area contributed by atoms with Crippen molar-refractivity contribution in [2.75, 3.05) is 44.2 Å². The lowest BCUT2D eigenvalue weighted by Crippen LogP contribution is -2.51. The fraction of sp³-hybridized carbons (Fsp3) is 0.321. The van der Waals surface area contributed by atoms with E-state index in [1.165, 1.54) is 4.31 Å². The maximum absolute atomic E-state index is 13.9. The molecule has 0 radical (unpaired) electrons. The van der Waals surface area contributed by atoms with Crippen LogP contribution in [0.2, 0.25) is 10.0 Å². The molecule has 2 aliphatic heterocycles. The number of hydrogen-bond donors (Lipinski definition) is 0. The van der Waals surface area contributed by atoms with Gasteiger partial charge in [-0.15, -0.1) is 0 Å². The van der Waals surface area contributed by atoms with E-state index >= 15 is 0 Å². The zero-order valence-corrected chi connectivity index (χ0v) is 22.9. The van der Waals surface area contributed by atoms with Crippen LogP contribution >= 0.6 is 23.2 Å². The summed E-state index contributed by atoms with van der Waals surface area (Å²) in [5, 5.41) is 1.24. The Morgan fingerprint density at radius 3 is 2.24 bits per heavy atom. The van der Waals surface area contributed by atoms with Crippen LogP contribution in [-0.2, 0) is 14.8 Å². The molecule has 1 amide bonds. The molecule has 0 spiro atoms. The first-order valence-corrected chi connectivity index (χ1v) is 14.5. The third-order valence-corrected chi connectivity index (χ3v) is 9.93. The van der Waals surface area contributed by atoms with Gasteiger partial charge in [-0.2, -0.15) is 4.31 Å². The van der Waals surface area contributed by atoms with Crippen molar-refractivity contribution in [3.8, 4) is 0 Å². The Morgan fingerprint density at radius 1 is 0.865 bits per heavy atom. The fourth-order valence-electron chi connectivity index (χ4n) is 5.37. The average Bonchev–Trinajstić information content (AvgIpc) is 3.37. The number of nitrogens with zero attached hydrogens (tertiary/aromatic N) is 3. The number of carbonyl (C=O) groups excluding carboxylic acids is 1. The Kier molecular flexibility index (Phi) is 7.50. The summed E-state index contributed by atoms with van der Waals surface area (Å²) >= 11 is 12.6. The highest BCUT2D eigenvalue weighted by molar-refractivity contribution is 7.89. The summed E-state index contributed by atoms with van der Waals surface area (Å²) in [5.74, 6) is -0.677. The SMILES string of the molecule is Cc1ccccc1S(=O)(=O)N1C[C@@H](C(=O)N2CCN(c3cc(Cl)ccc3Cl)CC2)[C@H](c2ccccc2)C1. The minimum Gasteiger partial charge on any atom is -0.367 e. The molecule has 3 aromatic rings. The highest BCUT2D eigenvalue weighted by Crippen LogP contribution is 2.38. The normalized spacial score (nSPS) is 20.8. The monoisotopic (exact) mass is 557 g/mol. The second-order valence-electron chi connectivity index (χ2n) is 9.62. The Balaban J connectivity index is 1.37. The minimum atomic E-state index is -3.73. The number of sulfonamides is 1. The van der Waals surface area contributed by atoms with Gasteiger partial charge in [-0.25, -0.2) is 8.42 Å². The van der Waals surface area contributed by atoms with Crippen LogP contribution in [0.5, 0.6) is 0 Å². The van der Waals surface area contributed by atoms with E-state index in [-0.39, 0.29) is 24.9 Å². The fourth-order valence-corrected chi connectivity index (χ4v) is 7.49. The number of carbonyl (C=O) groups is 1. The summed E-state index contributed by atoms with van der Waals surface area (Å²) in [7, 11) is -3.73. The second-order valence-corrected chi connectivity index (χ2v) is 12.4. The summed E-state index contributed by atoms with van der Waals surface area (Å²) in [6.45, 7) is 4.55. The first-order chi connectivity index (χ1) is 17.8. The van der Waals surface area contributed by atoms with E-state index < -0.39 is 15.9 Å². The highest BCUT2D eigenvalue weighted by Gasteiger charge is 2.45. The molecule has 0 N–H and O–H groups in total. The summed E-state index contributed by atoms with van der Waals surface area (Å²) in [5.41, 5.74) is 2.54. The molecule has 0 unspecified atom stereocenters. The molecule has 2 fully saturated rings. The van der Waals surface area contributed by atoms with E-state index in [4.69, 9.17) is 23.2 Å². The maximum atomic E-state index is 13.9. The third-order valence-electron chi connectivity index (χ3n) is 7.38. The molecule has 2 aliphatic rings. The van der Waals surface area contributed by atoms with Crippen LogP contribution in [0, 0.1) is 12.8 Å². The molecule has 3 aromatic carbocycles. The van der Waals surface area contributed by atoms with E-state index in [1.807, 2.05) is 47.4 Å². The standard InChI is InChI=1S/C28H29Cl2N3O3S/c1-20-7-5-6-10-27(20)37(35,36)33-18-23(21-8-3-2-4-9-21)24(19-33)28(34)32-15-13-31(14-16-32)26-17-22(29)11-12-25(26)30/h2-12,17,23-24H,13-16,18-19H2,1H3/t23-,24+/m0/s1. The number of benzene rings is 3. The topological polar surface area (TPSA) is 60.9 Å². The van der Waals surface area contributed by atoms with Gasteiger partial charge in [0, 0.05) is 50.2 Å². The van der Waals surface area contributed by atoms with Crippen molar-refractivity contribution in [2.24, 2.45) is 5.92 Å². The number of piperazine rings is 1.